The molecular weight excluding hydrogens is 257 g/mol. The second kappa shape index (κ2) is 4.58. The van der Waals surface area contributed by atoms with Crippen molar-refractivity contribution in [1.29, 1.82) is 0 Å². The second-order valence-corrected chi connectivity index (χ2v) is 3.69. The molecule has 1 rings (SSSR count). The van der Waals surface area contributed by atoms with Crippen molar-refractivity contribution < 1.29 is 9.53 Å². The van der Waals surface area contributed by atoms with Crippen LogP contribution in [0.25, 0.3) is 0 Å². The first-order chi connectivity index (χ1) is 6.09. The number of pyridine rings is 1. The third kappa shape index (κ3) is 3.32. The largest absolute Gasteiger partial charge is 0.459 e. The van der Waals surface area contributed by atoms with Crippen molar-refractivity contribution in [2.24, 2.45) is 0 Å². The third-order valence-electron chi connectivity index (χ3n) is 1.30. The number of aromatic nitrogens is 1. The van der Waals surface area contributed by atoms with Gasteiger partial charge < -0.3 is 4.74 Å². The Balaban J connectivity index is 2.72. The number of hydrogen-bond donors (Lipinski definition) is 0. The van der Waals surface area contributed by atoms with Crippen LogP contribution in [0, 0.1) is 0 Å². The molecule has 0 aliphatic heterocycles. The third-order valence-corrected chi connectivity index (χ3v) is 2.06. The molecule has 0 amide bonds. The minimum atomic E-state index is -0.346. The van der Waals surface area contributed by atoms with E-state index >= 15 is 0 Å². The summed E-state index contributed by atoms with van der Waals surface area (Å²) >= 11 is 9.05. The van der Waals surface area contributed by atoms with Gasteiger partial charge in [0.15, 0.2) is 0 Å². The highest BCUT2D eigenvalue weighted by atomic mass is 79.9. The summed E-state index contributed by atoms with van der Waals surface area (Å²) in [6, 6.07) is 1.70. The van der Waals surface area contributed by atoms with Crippen LogP contribution in [0.15, 0.2) is 16.7 Å². The Bertz CT molecular complexity index is 330. The molecule has 0 bridgehead atoms. The van der Waals surface area contributed by atoms with Crippen molar-refractivity contribution in [1.82, 2.24) is 4.98 Å². The zero-order valence-electron chi connectivity index (χ0n) is 6.88. The van der Waals surface area contributed by atoms with E-state index in [1.807, 2.05) is 0 Å². The summed E-state index contributed by atoms with van der Waals surface area (Å²) in [5, 5.41) is 0.482. The minimum Gasteiger partial charge on any atom is -0.459 e. The van der Waals surface area contributed by atoms with E-state index in [0.717, 1.165) is 4.47 Å². The first-order valence-electron chi connectivity index (χ1n) is 3.53. The first kappa shape index (κ1) is 10.5. The number of ether oxygens (including phenoxy) is 1. The standard InChI is InChI=1S/C8H7BrClNO2/c1-5(12)13-4-8-7(10)2-6(9)3-11-8/h2-3H,4H2,1H3. The molecule has 3 nitrogen and oxygen atoms in total. The van der Waals surface area contributed by atoms with E-state index in [4.69, 9.17) is 16.3 Å². The van der Waals surface area contributed by atoms with Crippen molar-refractivity contribution in [3.63, 3.8) is 0 Å². The zero-order chi connectivity index (χ0) is 9.84. The summed E-state index contributed by atoms with van der Waals surface area (Å²) in [6.07, 6.45) is 1.60. The van der Waals surface area contributed by atoms with E-state index < -0.39 is 0 Å². The Kier molecular flexibility index (Phi) is 3.69. The fourth-order valence-electron chi connectivity index (χ4n) is 0.719. The number of rotatable bonds is 2. The predicted molar refractivity (Wildman–Crippen MR) is 52.4 cm³/mol. The van der Waals surface area contributed by atoms with Gasteiger partial charge in [-0.3, -0.25) is 9.78 Å². The molecule has 0 aromatic carbocycles. The van der Waals surface area contributed by atoms with Crippen molar-refractivity contribution in [3.05, 3.63) is 27.5 Å². The van der Waals surface area contributed by atoms with Gasteiger partial charge in [0, 0.05) is 17.6 Å². The van der Waals surface area contributed by atoms with Gasteiger partial charge in [-0.25, -0.2) is 0 Å². The van der Waals surface area contributed by atoms with Gasteiger partial charge in [0.2, 0.25) is 0 Å². The zero-order valence-corrected chi connectivity index (χ0v) is 9.22. The van der Waals surface area contributed by atoms with Crippen LogP contribution in [0.5, 0.6) is 0 Å². The van der Waals surface area contributed by atoms with E-state index in [2.05, 4.69) is 20.9 Å². The van der Waals surface area contributed by atoms with Crippen molar-refractivity contribution >= 4 is 33.5 Å². The van der Waals surface area contributed by atoms with E-state index in [1.54, 1.807) is 12.3 Å². The maximum Gasteiger partial charge on any atom is 0.303 e. The Morgan fingerprint density at radius 3 is 3.00 bits per heavy atom. The van der Waals surface area contributed by atoms with Crippen LogP contribution in [0.2, 0.25) is 5.02 Å². The van der Waals surface area contributed by atoms with Gasteiger partial charge in [-0.05, 0) is 22.0 Å². The van der Waals surface area contributed by atoms with Crippen LogP contribution in [-0.4, -0.2) is 11.0 Å². The predicted octanol–water partition coefficient (Wildman–Crippen LogP) is 2.56. The number of hydrogen-bond acceptors (Lipinski definition) is 3. The fraction of sp³-hybridized carbons (Fsp3) is 0.250. The molecule has 0 spiro atoms. The molecular formula is C8H7BrClNO2. The van der Waals surface area contributed by atoms with Gasteiger partial charge in [0.05, 0.1) is 10.7 Å². The smallest absolute Gasteiger partial charge is 0.303 e. The van der Waals surface area contributed by atoms with Gasteiger partial charge in [-0.2, -0.15) is 0 Å². The summed E-state index contributed by atoms with van der Waals surface area (Å²) in [5.74, 6) is -0.346. The lowest BCUT2D eigenvalue weighted by molar-refractivity contribution is -0.142. The van der Waals surface area contributed by atoms with Crippen molar-refractivity contribution in [3.8, 4) is 0 Å². The molecule has 0 aliphatic rings. The number of carbonyl (C=O) groups excluding carboxylic acids is 1. The quantitative estimate of drug-likeness (QED) is 0.771. The number of esters is 1. The summed E-state index contributed by atoms with van der Waals surface area (Å²) in [7, 11) is 0. The van der Waals surface area contributed by atoms with Crippen LogP contribution in [-0.2, 0) is 16.1 Å². The van der Waals surface area contributed by atoms with Gasteiger partial charge in [0.1, 0.15) is 6.61 Å². The lowest BCUT2D eigenvalue weighted by atomic mass is 10.4. The molecule has 0 aliphatic carbocycles. The SMILES string of the molecule is CC(=O)OCc1ncc(Br)cc1Cl. The Labute approximate surface area is 89.2 Å². The van der Waals surface area contributed by atoms with Gasteiger partial charge in [-0.1, -0.05) is 11.6 Å². The van der Waals surface area contributed by atoms with Gasteiger partial charge in [0.25, 0.3) is 0 Å². The monoisotopic (exact) mass is 263 g/mol. The maximum atomic E-state index is 10.5. The highest BCUT2D eigenvalue weighted by Gasteiger charge is 2.03. The summed E-state index contributed by atoms with van der Waals surface area (Å²) < 4.78 is 5.54. The summed E-state index contributed by atoms with van der Waals surface area (Å²) in [4.78, 5) is 14.5. The fourth-order valence-corrected chi connectivity index (χ4v) is 1.40. The Hall–Kier alpha value is -0.610. The molecule has 0 saturated heterocycles. The Morgan fingerprint density at radius 2 is 2.46 bits per heavy atom. The van der Waals surface area contributed by atoms with Gasteiger partial charge in [-0.15, -0.1) is 0 Å². The maximum absolute atomic E-state index is 10.5. The number of carbonyl (C=O) groups is 1. The molecule has 0 fully saturated rings. The summed E-state index contributed by atoms with van der Waals surface area (Å²) in [5.41, 5.74) is 0.556. The molecule has 0 unspecified atom stereocenters. The first-order valence-corrected chi connectivity index (χ1v) is 4.70. The minimum absolute atomic E-state index is 0.113. The normalized spacial score (nSPS) is 9.77. The summed E-state index contributed by atoms with van der Waals surface area (Å²) in [6.45, 7) is 1.45. The molecule has 0 atom stereocenters. The molecule has 13 heavy (non-hydrogen) atoms. The highest BCUT2D eigenvalue weighted by Crippen LogP contribution is 2.19. The molecule has 1 aromatic rings. The van der Waals surface area contributed by atoms with E-state index in [-0.39, 0.29) is 12.6 Å². The van der Waals surface area contributed by atoms with Crippen LogP contribution >= 0.6 is 27.5 Å². The molecule has 5 heteroatoms. The second-order valence-electron chi connectivity index (χ2n) is 2.36. The van der Waals surface area contributed by atoms with Crippen molar-refractivity contribution in [2.45, 2.75) is 13.5 Å². The highest BCUT2D eigenvalue weighted by molar-refractivity contribution is 9.10. The lowest BCUT2D eigenvalue weighted by Gasteiger charge is -2.03. The van der Waals surface area contributed by atoms with Crippen LogP contribution < -0.4 is 0 Å². The number of halogens is 2. The molecule has 70 valence electrons. The van der Waals surface area contributed by atoms with Crippen LogP contribution in [0.3, 0.4) is 0 Å². The van der Waals surface area contributed by atoms with E-state index in [1.165, 1.54) is 6.92 Å². The molecule has 0 radical (unpaired) electrons. The molecule has 0 saturated carbocycles. The van der Waals surface area contributed by atoms with Crippen molar-refractivity contribution in [2.75, 3.05) is 0 Å². The lowest BCUT2D eigenvalue weighted by Crippen LogP contribution is -2.01. The van der Waals surface area contributed by atoms with Crippen LogP contribution in [0.1, 0.15) is 12.6 Å². The van der Waals surface area contributed by atoms with Crippen LogP contribution in [0.4, 0.5) is 0 Å². The van der Waals surface area contributed by atoms with Gasteiger partial charge >= 0.3 is 5.97 Å². The molecule has 1 heterocycles. The number of nitrogens with zero attached hydrogens (tertiary/aromatic N) is 1. The average molecular weight is 265 g/mol. The van der Waals surface area contributed by atoms with E-state index in [0.29, 0.717) is 10.7 Å². The van der Waals surface area contributed by atoms with E-state index in [9.17, 15) is 4.79 Å². The molecule has 0 N–H and O–H groups in total. The topological polar surface area (TPSA) is 39.2 Å². The Morgan fingerprint density at radius 1 is 1.77 bits per heavy atom. The average Bonchev–Trinajstić information content (AvgIpc) is 2.02. The molecule has 1 aromatic heterocycles.